The van der Waals surface area contributed by atoms with E-state index in [1.54, 1.807) is 6.26 Å². The van der Waals surface area contributed by atoms with Crippen LogP contribution in [0.25, 0.3) is 0 Å². The maximum Gasteiger partial charge on any atom is 0.0659 e. The van der Waals surface area contributed by atoms with Gasteiger partial charge in [-0.1, -0.05) is 0 Å². The van der Waals surface area contributed by atoms with E-state index in [9.17, 15) is 4.21 Å². The largest absolute Gasteiger partial charge is 0.259 e. The van der Waals surface area contributed by atoms with Crippen LogP contribution in [0.4, 0.5) is 0 Å². The van der Waals surface area contributed by atoms with E-state index in [-0.39, 0.29) is 0 Å². The molecule has 1 nitrogen and oxygen atoms in total. The van der Waals surface area contributed by atoms with E-state index >= 15 is 0 Å². The Bertz CT molecular complexity index is 42.9. The highest BCUT2D eigenvalue weighted by Gasteiger charge is 1.74. The van der Waals surface area contributed by atoms with Crippen LogP contribution in [-0.4, -0.2) is 15.5 Å². The molecule has 0 radical (unpaired) electrons. The fourth-order valence-electron chi connectivity index (χ4n) is 0. The van der Waals surface area contributed by atoms with Gasteiger partial charge in [-0.2, -0.15) is 12.6 Å². The smallest absolute Gasteiger partial charge is 0.0659 e. The maximum absolute atomic E-state index is 9.85. The van der Waals surface area contributed by atoms with Gasteiger partial charge < -0.3 is 0 Å². The Labute approximate surface area is 39.6 Å². The molecule has 0 rings (SSSR count). The summed E-state index contributed by atoms with van der Waals surface area (Å²) in [6, 6.07) is 0. The first-order valence-corrected chi connectivity index (χ1v) is 3.54. The van der Waals surface area contributed by atoms with E-state index in [0.29, 0.717) is 5.08 Å². The fraction of sp³-hybridized carbons (Fsp3) is 1.00. The van der Waals surface area contributed by atoms with Crippen LogP contribution in [0.3, 0.4) is 0 Å². The second-order valence-electron chi connectivity index (χ2n) is 0.702. The highest BCUT2D eigenvalue weighted by molar-refractivity contribution is 7.99. The zero-order chi connectivity index (χ0) is 4.28. The summed E-state index contributed by atoms with van der Waals surface area (Å²) < 4.78 is 9.85. The molecule has 0 aromatic carbocycles. The van der Waals surface area contributed by atoms with Crippen LogP contribution < -0.4 is 0 Å². The van der Waals surface area contributed by atoms with Gasteiger partial charge in [-0.05, 0) is 0 Å². The second kappa shape index (κ2) is 2.72. The molecule has 0 amide bonds. The Morgan fingerprint density at radius 3 is 2.20 bits per heavy atom. The van der Waals surface area contributed by atoms with Crippen molar-refractivity contribution in [3.05, 3.63) is 0 Å². The van der Waals surface area contributed by atoms with E-state index in [4.69, 9.17) is 0 Å². The predicted octanol–water partition coefficient (Wildman–Crippen LogP) is 0.252. The summed E-state index contributed by atoms with van der Waals surface area (Å²) >= 11 is 3.72. The average Bonchev–Trinajstić information content (AvgIpc) is 1.38. The first-order valence-electron chi connectivity index (χ1n) is 1.18. The highest BCUT2D eigenvalue weighted by Crippen LogP contribution is 1.74. The topological polar surface area (TPSA) is 17.1 Å². The minimum absolute atomic E-state index is 0.472. The van der Waals surface area contributed by atoms with Gasteiger partial charge in [0.15, 0.2) is 0 Å². The zero-order valence-corrected chi connectivity index (χ0v) is 4.68. The summed E-state index contributed by atoms with van der Waals surface area (Å²) in [5.74, 6) is 0. The minimum Gasteiger partial charge on any atom is -0.259 e. The van der Waals surface area contributed by atoms with Crippen molar-refractivity contribution < 1.29 is 4.21 Å². The van der Waals surface area contributed by atoms with Crippen molar-refractivity contribution in [3.63, 3.8) is 0 Å². The fourth-order valence-corrected chi connectivity index (χ4v) is 0. The van der Waals surface area contributed by atoms with Crippen molar-refractivity contribution >= 4 is 23.4 Å². The molecule has 0 aromatic rings. The van der Waals surface area contributed by atoms with Gasteiger partial charge in [-0.3, -0.25) is 4.21 Å². The molecule has 3 heteroatoms. The van der Waals surface area contributed by atoms with E-state index in [1.165, 1.54) is 0 Å². The minimum atomic E-state index is -0.708. The monoisotopic (exact) mass is 110 g/mol. The van der Waals surface area contributed by atoms with Gasteiger partial charge in [-0.25, -0.2) is 0 Å². The van der Waals surface area contributed by atoms with Gasteiger partial charge in [0.25, 0.3) is 0 Å². The van der Waals surface area contributed by atoms with E-state index < -0.39 is 10.8 Å². The van der Waals surface area contributed by atoms with Crippen LogP contribution in [0, 0.1) is 0 Å². The van der Waals surface area contributed by atoms with Gasteiger partial charge in [-0.15, -0.1) is 0 Å². The van der Waals surface area contributed by atoms with E-state index in [1.807, 2.05) is 0 Å². The summed E-state index contributed by atoms with van der Waals surface area (Å²) in [6.45, 7) is 0. The second-order valence-corrected chi connectivity index (χ2v) is 2.88. The molecular formula is C2H6OS2. The normalized spacial score (nSPS) is 14.8. The molecule has 0 saturated carbocycles. The molecule has 0 saturated heterocycles. The first-order chi connectivity index (χ1) is 2.27. The van der Waals surface area contributed by atoms with Gasteiger partial charge in [0.05, 0.1) is 5.08 Å². The Hall–Kier alpha value is 0.500. The average molecular weight is 110 g/mol. The Morgan fingerprint density at radius 1 is 2.00 bits per heavy atom. The van der Waals surface area contributed by atoms with Crippen molar-refractivity contribution in [1.82, 2.24) is 0 Å². The summed E-state index contributed by atoms with van der Waals surface area (Å²) in [6.07, 6.45) is 1.62. The molecule has 0 N–H and O–H groups in total. The lowest BCUT2D eigenvalue weighted by atomic mass is 11.9. The number of hydrogen-bond donors (Lipinski definition) is 1. The predicted molar refractivity (Wildman–Crippen MR) is 27.9 cm³/mol. The lowest BCUT2D eigenvalue weighted by Crippen LogP contribution is -1.80. The van der Waals surface area contributed by atoms with Crippen molar-refractivity contribution in [3.8, 4) is 0 Å². The first kappa shape index (κ1) is 5.50. The van der Waals surface area contributed by atoms with Crippen molar-refractivity contribution in [2.45, 2.75) is 0 Å². The summed E-state index contributed by atoms with van der Waals surface area (Å²) in [5, 5.41) is 0.472. The summed E-state index contributed by atoms with van der Waals surface area (Å²) in [7, 11) is -0.708. The third kappa shape index (κ3) is 4.50. The quantitative estimate of drug-likeness (QED) is 0.479. The Balaban J connectivity index is 2.85. The molecular weight excluding hydrogens is 104 g/mol. The van der Waals surface area contributed by atoms with Gasteiger partial charge >= 0.3 is 0 Å². The molecule has 0 bridgehead atoms. The SMILES string of the molecule is CS(=O)CS. The third-order valence-corrected chi connectivity index (χ3v) is 1.64. The van der Waals surface area contributed by atoms with Gasteiger partial charge in [0.2, 0.25) is 0 Å². The molecule has 32 valence electrons. The number of rotatable bonds is 1. The van der Waals surface area contributed by atoms with Crippen LogP contribution in [-0.2, 0) is 10.8 Å². The van der Waals surface area contributed by atoms with Crippen LogP contribution in [0.5, 0.6) is 0 Å². The van der Waals surface area contributed by atoms with Crippen molar-refractivity contribution in [2.24, 2.45) is 0 Å². The molecule has 0 spiro atoms. The number of hydrogen-bond acceptors (Lipinski definition) is 2. The van der Waals surface area contributed by atoms with Crippen LogP contribution in [0.1, 0.15) is 0 Å². The van der Waals surface area contributed by atoms with Crippen molar-refractivity contribution in [2.75, 3.05) is 11.3 Å². The lowest BCUT2D eigenvalue weighted by Gasteiger charge is -1.74. The summed E-state index contributed by atoms with van der Waals surface area (Å²) in [4.78, 5) is 0. The molecule has 0 aromatic heterocycles. The van der Waals surface area contributed by atoms with Crippen molar-refractivity contribution in [1.29, 1.82) is 0 Å². The molecule has 0 aliphatic heterocycles. The summed E-state index contributed by atoms with van der Waals surface area (Å²) in [5.41, 5.74) is 0. The standard InChI is InChI=1S/C2H6OS2/c1-5(3)2-4/h4H,2H2,1H3. The molecule has 1 atom stereocenters. The third-order valence-electron chi connectivity index (χ3n) is 0.182. The van der Waals surface area contributed by atoms with E-state index in [0.717, 1.165) is 0 Å². The molecule has 0 aliphatic carbocycles. The molecule has 0 aliphatic rings. The highest BCUT2D eigenvalue weighted by atomic mass is 32.2. The van der Waals surface area contributed by atoms with Crippen LogP contribution in [0.15, 0.2) is 0 Å². The van der Waals surface area contributed by atoms with Crippen LogP contribution >= 0.6 is 12.6 Å². The molecule has 5 heavy (non-hydrogen) atoms. The molecule has 1 unspecified atom stereocenters. The van der Waals surface area contributed by atoms with Gasteiger partial charge in [0.1, 0.15) is 0 Å². The van der Waals surface area contributed by atoms with Gasteiger partial charge in [0, 0.05) is 17.1 Å². The molecule has 0 heterocycles. The Kier molecular flexibility index (Phi) is 2.99. The van der Waals surface area contributed by atoms with E-state index in [2.05, 4.69) is 12.6 Å². The maximum atomic E-state index is 9.85. The van der Waals surface area contributed by atoms with Crippen LogP contribution in [0.2, 0.25) is 0 Å². The molecule has 0 fully saturated rings. The zero-order valence-electron chi connectivity index (χ0n) is 2.97. The lowest BCUT2D eigenvalue weighted by molar-refractivity contribution is 0.689. The number of thiol groups is 1. The Morgan fingerprint density at radius 2 is 2.20 bits per heavy atom.